The van der Waals surface area contributed by atoms with E-state index in [1.54, 1.807) is 34.9 Å². The number of carbonyl (C=O) groups excluding carboxylic acids is 3. The first-order valence-corrected chi connectivity index (χ1v) is 10.8. The third kappa shape index (κ3) is 5.36. The Morgan fingerprint density at radius 2 is 1.97 bits per heavy atom. The Morgan fingerprint density at radius 1 is 1.20 bits per heavy atom. The predicted molar refractivity (Wildman–Crippen MR) is 115 cm³/mol. The zero-order valence-corrected chi connectivity index (χ0v) is 18.3. The summed E-state index contributed by atoms with van der Waals surface area (Å²) in [7, 11) is 0. The molecular formula is C20H26Cl2N4O4. The summed E-state index contributed by atoms with van der Waals surface area (Å²) in [6.45, 7) is 3.68. The van der Waals surface area contributed by atoms with Crippen LogP contribution in [0.25, 0.3) is 0 Å². The Labute approximate surface area is 185 Å². The van der Waals surface area contributed by atoms with Gasteiger partial charge in [-0.3, -0.25) is 9.59 Å². The molecule has 2 N–H and O–H groups in total. The van der Waals surface area contributed by atoms with Crippen molar-refractivity contribution in [3.8, 4) is 0 Å². The topological polar surface area (TPSA) is 93.2 Å². The lowest BCUT2D eigenvalue weighted by molar-refractivity contribution is -0.141. The second-order valence-corrected chi connectivity index (χ2v) is 8.45. The van der Waals surface area contributed by atoms with E-state index in [9.17, 15) is 19.5 Å². The molecule has 0 aliphatic carbocycles. The highest BCUT2D eigenvalue weighted by Crippen LogP contribution is 2.25. The standard InChI is InChI=1S/C20H26Cl2N4O4/c1-13-19(29)24(8-6-18(28)25-7-2-3-15(27)12-25)9-10-26(13)20(30)23-14-4-5-16(21)17(22)11-14/h4-5,11,13,15,27H,2-3,6-10,12H2,1H3,(H,23,30). The Kier molecular flexibility index (Phi) is 7.44. The van der Waals surface area contributed by atoms with E-state index in [0.29, 0.717) is 54.9 Å². The average molecular weight is 457 g/mol. The van der Waals surface area contributed by atoms with Crippen LogP contribution in [0.15, 0.2) is 18.2 Å². The van der Waals surface area contributed by atoms with E-state index in [1.807, 2.05) is 0 Å². The Balaban J connectivity index is 1.52. The lowest BCUT2D eigenvalue weighted by Gasteiger charge is -2.39. The average Bonchev–Trinajstić information content (AvgIpc) is 2.71. The maximum absolute atomic E-state index is 12.7. The number of aliphatic hydroxyl groups is 1. The number of urea groups is 1. The zero-order valence-electron chi connectivity index (χ0n) is 16.8. The Hall–Kier alpha value is -2.03. The van der Waals surface area contributed by atoms with Crippen molar-refractivity contribution in [3.63, 3.8) is 0 Å². The van der Waals surface area contributed by atoms with Gasteiger partial charge in [0.2, 0.25) is 11.8 Å². The number of piperazine rings is 1. The fourth-order valence-corrected chi connectivity index (χ4v) is 4.07. The van der Waals surface area contributed by atoms with Crippen molar-refractivity contribution in [2.45, 2.75) is 38.3 Å². The number of amides is 4. The summed E-state index contributed by atoms with van der Waals surface area (Å²) < 4.78 is 0. The van der Waals surface area contributed by atoms with Gasteiger partial charge in [-0.15, -0.1) is 0 Å². The molecule has 2 unspecified atom stereocenters. The van der Waals surface area contributed by atoms with Gasteiger partial charge in [-0.2, -0.15) is 0 Å². The first-order valence-electron chi connectivity index (χ1n) is 10.0. The van der Waals surface area contributed by atoms with E-state index >= 15 is 0 Å². The van der Waals surface area contributed by atoms with Crippen LogP contribution in [-0.4, -0.2) is 82.5 Å². The van der Waals surface area contributed by atoms with Crippen LogP contribution in [-0.2, 0) is 9.59 Å². The molecule has 2 heterocycles. The van der Waals surface area contributed by atoms with Crippen molar-refractivity contribution in [1.29, 1.82) is 0 Å². The molecule has 1 aromatic rings. The number of carbonyl (C=O) groups is 3. The van der Waals surface area contributed by atoms with Crippen LogP contribution in [0.5, 0.6) is 0 Å². The molecule has 4 amide bonds. The van der Waals surface area contributed by atoms with Crippen molar-refractivity contribution in [2.75, 3.05) is 38.0 Å². The van der Waals surface area contributed by atoms with Gasteiger partial charge >= 0.3 is 6.03 Å². The summed E-state index contributed by atoms with van der Waals surface area (Å²) in [5, 5.41) is 13.2. The molecule has 2 atom stereocenters. The van der Waals surface area contributed by atoms with Gasteiger partial charge in [0.25, 0.3) is 0 Å². The maximum Gasteiger partial charge on any atom is 0.322 e. The molecular weight excluding hydrogens is 431 g/mol. The number of hydrogen-bond acceptors (Lipinski definition) is 4. The molecule has 0 saturated carbocycles. The number of nitrogens with one attached hydrogen (secondary N) is 1. The smallest absolute Gasteiger partial charge is 0.322 e. The summed E-state index contributed by atoms with van der Waals surface area (Å²) in [5.74, 6) is -0.258. The minimum atomic E-state index is -0.645. The molecule has 8 nitrogen and oxygen atoms in total. The van der Waals surface area contributed by atoms with Crippen LogP contribution < -0.4 is 5.32 Å². The molecule has 0 bridgehead atoms. The second kappa shape index (κ2) is 9.85. The third-order valence-corrected chi connectivity index (χ3v) is 6.26. The molecule has 10 heteroatoms. The van der Waals surface area contributed by atoms with Crippen LogP contribution in [0.2, 0.25) is 10.0 Å². The number of halogens is 2. The van der Waals surface area contributed by atoms with E-state index in [0.717, 1.165) is 6.42 Å². The van der Waals surface area contributed by atoms with E-state index in [-0.39, 0.29) is 18.2 Å². The lowest BCUT2D eigenvalue weighted by atomic mass is 10.1. The monoisotopic (exact) mass is 456 g/mol. The van der Waals surface area contributed by atoms with Crippen molar-refractivity contribution in [1.82, 2.24) is 14.7 Å². The van der Waals surface area contributed by atoms with E-state index in [1.165, 1.54) is 4.90 Å². The molecule has 0 aromatic heterocycles. The normalized spacial score (nSPS) is 22.3. The van der Waals surface area contributed by atoms with Crippen molar-refractivity contribution >= 4 is 46.7 Å². The quantitative estimate of drug-likeness (QED) is 0.727. The van der Waals surface area contributed by atoms with Crippen molar-refractivity contribution < 1.29 is 19.5 Å². The first kappa shape index (κ1) is 22.7. The number of piperidine rings is 1. The molecule has 30 heavy (non-hydrogen) atoms. The molecule has 2 saturated heterocycles. The number of aliphatic hydroxyl groups excluding tert-OH is 1. The molecule has 2 fully saturated rings. The van der Waals surface area contributed by atoms with Crippen LogP contribution in [0.4, 0.5) is 10.5 Å². The van der Waals surface area contributed by atoms with Gasteiger partial charge in [0.05, 0.1) is 16.1 Å². The molecule has 0 spiro atoms. The zero-order chi connectivity index (χ0) is 21.8. The van der Waals surface area contributed by atoms with Gasteiger partial charge in [-0.25, -0.2) is 4.79 Å². The van der Waals surface area contributed by atoms with Crippen LogP contribution in [0, 0.1) is 0 Å². The van der Waals surface area contributed by atoms with Gasteiger partial charge in [-0.1, -0.05) is 23.2 Å². The largest absolute Gasteiger partial charge is 0.391 e. The van der Waals surface area contributed by atoms with Crippen LogP contribution >= 0.6 is 23.2 Å². The highest BCUT2D eigenvalue weighted by molar-refractivity contribution is 6.42. The van der Waals surface area contributed by atoms with Crippen LogP contribution in [0.3, 0.4) is 0 Å². The van der Waals surface area contributed by atoms with E-state index in [4.69, 9.17) is 23.2 Å². The number of rotatable bonds is 4. The molecule has 164 valence electrons. The molecule has 0 radical (unpaired) electrons. The molecule has 3 rings (SSSR count). The Morgan fingerprint density at radius 3 is 2.67 bits per heavy atom. The van der Waals surface area contributed by atoms with Gasteiger partial charge in [-0.05, 0) is 38.0 Å². The number of likely N-dealkylation sites (tertiary alicyclic amines) is 1. The van der Waals surface area contributed by atoms with Gasteiger partial charge in [0.1, 0.15) is 6.04 Å². The Bertz CT molecular complexity index is 822. The van der Waals surface area contributed by atoms with Crippen LogP contribution in [0.1, 0.15) is 26.2 Å². The molecule has 1 aromatic carbocycles. The van der Waals surface area contributed by atoms with Crippen molar-refractivity contribution in [2.24, 2.45) is 0 Å². The number of nitrogens with zero attached hydrogens (tertiary/aromatic N) is 3. The molecule has 2 aliphatic rings. The number of anilines is 1. The summed E-state index contributed by atoms with van der Waals surface area (Å²) in [4.78, 5) is 42.5. The van der Waals surface area contributed by atoms with Gasteiger partial charge in [0.15, 0.2) is 0 Å². The fourth-order valence-electron chi connectivity index (χ4n) is 3.77. The first-order chi connectivity index (χ1) is 14.3. The predicted octanol–water partition coefficient (Wildman–Crippen LogP) is 2.43. The summed E-state index contributed by atoms with van der Waals surface area (Å²) in [5.41, 5.74) is 0.491. The summed E-state index contributed by atoms with van der Waals surface area (Å²) in [6, 6.07) is 3.73. The van der Waals surface area contributed by atoms with Gasteiger partial charge < -0.3 is 25.1 Å². The number of benzene rings is 1. The summed E-state index contributed by atoms with van der Waals surface area (Å²) >= 11 is 11.9. The van der Waals surface area contributed by atoms with Gasteiger partial charge in [0, 0.05) is 44.8 Å². The minimum Gasteiger partial charge on any atom is -0.391 e. The third-order valence-electron chi connectivity index (χ3n) is 5.52. The maximum atomic E-state index is 12.7. The minimum absolute atomic E-state index is 0.0611. The van der Waals surface area contributed by atoms with Crippen molar-refractivity contribution in [3.05, 3.63) is 28.2 Å². The number of hydrogen-bond donors (Lipinski definition) is 2. The SMILES string of the molecule is CC1C(=O)N(CCC(=O)N2CCCC(O)C2)CCN1C(=O)Nc1ccc(Cl)c(Cl)c1. The second-order valence-electron chi connectivity index (χ2n) is 7.64. The highest BCUT2D eigenvalue weighted by atomic mass is 35.5. The van der Waals surface area contributed by atoms with E-state index < -0.39 is 18.2 Å². The lowest BCUT2D eigenvalue weighted by Crippen LogP contribution is -2.58. The molecule has 2 aliphatic heterocycles. The summed E-state index contributed by atoms with van der Waals surface area (Å²) in [6.07, 6.45) is 1.24. The highest BCUT2D eigenvalue weighted by Gasteiger charge is 2.34. The van der Waals surface area contributed by atoms with E-state index in [2.05, 4.69) is 5.32 Å². The fraction of sp³-hybridized carbons (Fsp3) is 0.550. The number of β-amino-alcohol motifs (C(OH)–C–C–N with tert-alkyl or cyclic N) is 1.